The van der Waals surface area contributed by atoms with Crippen molar-refractivity contribution in [1.29, 1.82) is 0 Å². The van der Waals surface area contributed by atoms with Crippen molar-refractivity contribution in [2.45, 2.75) is 16.5 Å². The van der Waals surface area contributed by atoms with Crippen LogP contribution in [-0.4, -0.2) is 67.8 Å². The second-order valence-corrected chi connectivity index (χ2v) is 12.4. The number of carbonyl (C=O) groups is 1. The Labute approximate surface area is 193 Å². The van der Waals surface area contributed by atoms with Crippen LogP contribution in [0.1, 0.15) is 27.0 Å². The van der Waals surface area contributed by atoms with Crippen molar-refractivity contribution in [3.63, 3.8) is 0 Å². The number of sulfonamides is 1. The first-order valence-corrected chi connectivity index (χ1v) is 13.5. The summed E-state index contributed by atoms with van der Waals surface area (Å²) in [7, 11) is -3.61. The summed E-state index contributed by atoms with van der Waals surface area (Å²) in [5.74, 6) is 0.313. The van der Waals surface area contributed by atoms with E-state index in [1.165, 1.54) is 27.0 Å². The molecule has 2 aromatic heterocycles. The SMILES string of the molecule is O=C(c1ncc(C2CCNC2)s1)N1CCN(S(=O)(=O)c2cc3ccc(Cl)cc3s2)CC1. The first kappa shape index (κ1) is 21.3. The third kappa shape index (κ3) is 4.12. The van der Waals surface area contributed by atoms with Gasteiger partial charge in [-0.3, -0.25) is 4.79 Å². The monoisotopic (exact) mass is 496 g/mol. The zero-order chi connectivity index (χ0) is 21.6. The summed E-state index contributed by atoms with van der Waals surface area (Å²) >= 11 is 8.71. The molecule has 0 bridgehead atoms. The van der Waals surface area contributed by atoms with Crippen molar-refractivity contribution < 1.29 is 13.2 Å². The largest absolute Gasteiger partial charge is 0.334 e. The Morgan fingerprint density at radius 3 is 2.71 bits per heavy atom. The van der Waals surface area contributed by atoms with Gasteiger partial charge in [0.05, 0.1) is 0 Å². The lowest BCUT2D eigenvalue weighted by atomic mass is 10.1. The van der Waals surface area contributed by atoms with Gasteiger partial charge in [0.15, 0.2) is 5.01 Å². The van der Waals surface area contributed by atoms with Crippen molar-refractivity contribution in [1.82, 2.24) is 19.5 Å². The van der Waals surface area contributed by atoms with E-state index in [-0.39, 0.29) is 19.0 Å². The van der Waals surface area contributed by atoms with Crippen molar-refractivity contribution in [3.05, 3.63) is 45.4 Å². The Kier molecular flexibility index (Phi) is 5.78. The van der Waals surface area contributed by atoms with Crippen LogP contribution in [0.15, 0.2) is 34.7 Å². The van der Waals surface area contributed by atoms with Gasteiger partial charge in [-0.25, -0.2) is 13.4 Å². The van der Waals surface area contributed by atoms with Gasteiger partial charge in [-0.1, -0.05) is 17.7 Å². The maximum absolute atomic E-state index is 13.1. The van der Waals surface area contributed by atoms with E-state index in [4.69, 9.17) is 11.6 Å². The molecule has 5 rings (SSSR count). The summed E-state index contributed by atoms with van der Waals surface area (Å²) in [5.41, 5.74) is 0. The Morgan fingerprint density at radius 1 is 1.16 bits per heavy atom. The number of rotatable bonds is 4. The number of hydrogen-bond donors (Lipinski definition) is 1. The number of nitrogens with zero attached hydrogens (tertiary/aromatic N) is 3. The van der Waals surface area contributed by atoms with Crippen LogP contribution in [0.4, 0.5) is 0 Å². The van der Waals surface area contributed by atoms with E-state index in [2.05, 4.69) is 10.3 Å². The summed E-state index contributed by atoms with van der Waals surface area (Å²) in [5, 5.41) is 5.26. The molecule has 2 fully saturated rings. The first-order valence-electron chi connectivity index (χ1n) is 10.1. The standard InChI is InChI=1S/C20H21ClN4O3S3/c21-15-2-1-13-9-18(29-16(13)10-15)31(27,28)25-7-5-24(6-8-25)20(26)19-23-12-17(30-19)14-3-4-22-11-14/h1-2,9-10,12,14,22H,3-8,11H2. The smallest absolute Gasteiger partial charge is 0.282 e. The summed E-state index contributed by atoms with van der Waals surface area (Å²) in [6.07, 6.45) is 2.88. The fourth-order valence-electron chi connectivity index (χ4n) is 3.97. The van der Waals surface area contributed by atoms with E-state index in [1.807, 2.05) is 12.3 Å². The van der Waals surface area contributed by atoms with Crippen LogP contribution >= 0.6 is 34.3 Å². The van der Waals surface area contributed by atoms with Crippen LogP contribution in [0.3, 0.4) is 0 Å². The predicted molar refractivity (Wildman–Crippen MR) is 124 cm³/mol. The van der Waals surface area contributed by atoms with Gasteiger partial charge in [0.2, 0.25) is 0 Å². The number of thiophene rings is 1. The normalized spacial score (nSPS) is 20.5. The summed E-state index contributed by atoms with van der Waals surface area (Å²) in [6.45, 7) is 3.18. The lowest BCUT2D eigenvalue weighted by Gasteiger charge is -2.33. The van der Waals surface area contributed by atoms with Crippen molar-refractivity contribution >= 4 is 60.3 Å². The number of amides is 1. The van der Waals surface area contributed by atoms with Gasteiger partial charge in [0, 0.05) is 59.4 Å². The molecular formula is C20H21ClN4O3S3. The van der Waals surface area contributed by atoms with E-state index in [9.17, 15) is 13.2 Å². The number of nitrogens with one attached hydrogen (secondary N) is 1. The van der Waals surface area contributed by atoms with Gasteiger partial charge in [0.25, 0.3) is 15.9 Å². The number of halogens is 1. The highest BCUT2D eigenvalue weighted by atomic mass is 35.5. The van der Waals surface area contributed by atoms with E-state index in [0.717, 1.165) is 34.5 Å². The van der Waals surface area contributed by atoms with Gasteiger partial charge in [0.1, 0.15) is 4.21 Å². The number of thiazole rings is 1. The average Bonchev–Trinajstić information content (AvgIpc) is 3.53. The molecule has 31 heavy (non-hydrogen) atoms. The fourth-order valence-corrected chi connectivity index (χ4v) is 8.24. The van der Waals surface area contributed by atoms with Gasteiger partial charge in [-0.2, -0.15) is 4.31 Å². The molecule has 2 aliphatic heterocycles. The van der Waals surface area contributed by atoms with Gasteiger partial charge < -0.3 is 10.2 Å². The molecule has 4 heterocycles. The van der Waals surface area contributed by atoms with Gasteiger partial charge in [-0.05, 0) is 36.6 Å². The Bertz CT molecular complexity index is 1230. The second kappa shape index (κ2) is 8.42. The Balaban J connectivity index is 1.26. The number of fused-ring (bicyclic) bond motifs is 1. The van der Waals surface area contributed by atoms with Crippen molar-refractivity contribution in [2.24, 2.45) is 0 Å². The highest BCUT2D eigenvalue weighted by molar-refractivity contribution is 7.91. The Morgan fingerprint density at radius 2 is 1.97 bits per heavy atom. The maximum atomic E-state index is 13.1. The molecular weight excluding hydrogens is 476 g/mol. The molecule has 2 saturated heterocycles. The summed E-state index contributed by atoms with van der Waals surface area (Å²) in [4.78, 5) is 20.1. The number of aromatic nitrogens is 1. The van der Waals surface area contributed by atoms with Crippen LogP contribution in [0.25, 0.3) is 10.1 Å². The average molecular weight is 497 g/mol. The zero-order valence-corrected chi connectivity index (χ0v) is 19.8. The second-order valence-electron chi connectivity index (χ2n) is 7.70. The van der Waals surface area contributed by atoms with E-state index >= 15 is 0 Å². The highest BCUT2D eigenvalue weighted by Crippen LogP contribution is 2.33. The van der Waals surface area contributed by atoms with Crippen LogP contribution in [0.5, 0.6) is 0 Å². The lowest BCUT2D eigenvalue weighted by Crippen LogP contribution is -2.50. The molecule has 3 aromatic rings. The van der Waals surface area contributed by atoms with Crippen molar-refractivity contribution in [2.75, 3.05) is 39.3 Å². The number of piperazine rings is 1. The van der Waals surface area contributed by atoms with Crippen LogP contribution in [0.2, 0.25) is 5.02 Å². The zero-order valence-electron chi connectivity index (χ0n) is 16.6. The molecule has 1 aromatic carbocycles. The molecule has 11 heteroatoms. The van der Waals surface area contributed by atoms with E-state index in [0.29, 0.717) is 33.2 Å². The molecule has 164 valence electrons. The minimum atomic E-state index is -3.61. The molecule has 2 aliphatic rings. The van der Waals surface area contributed by atoms with Crippen molar-refractivity contribution in [3.8, 4) is 0 Å². The number of carbonyl (C=O) groups excluding carboxylic acids is 1. The topological polar surface area (TPSA) is 82.6 Å². The summed E-state index contributed by atoms with van der Waals surface area (Å²) in [6, 6.07) is 7.05. The van der Waals surface area contributed by atoms with E-state index < -0.39 is 10.0 Å². The number of benzene rings is 1. The number of hydrogen-bond acceptors (Lipinski definition) is 7. The quantitative estimate of drug-likeness (QED) is 0.599. The molecule has 0 spiro atoms. The van der Waals surface area contributed by atoms with Gasteiger partial charge >= 0.3 is 0 Å². The van der Waals surface area contributed by atoms with E-state index in [1.54, 1.807) is 23.1 Å². The fraction of sp³-hybridized carbons (Fsp3) is 0.400. The minimum absolute atomic E-state index is 0.115. The highest BCUT2D eigenvalue weighted by Gasteiger charge is 2.32. The van der Waals surface area contributed by atoms with Crippen LogP contribution in [0, 0.1) is 0 Å². The maximum Gasteiger partial charge on any atom is 0.282 e. The molecule has 0 saturated carbocycles. The molecule has 1 amide bonds. The Hall–Kier alpha value is -1.56. The predicted octanol–water partition coefficient (Wildman–Crippen LogP) is 3.23. The molecule has 1 atom stereocenters. The lowest BCUT2D eigenvalue weighted by molar-refractivity contribution is 0.0697. The molecule has 7 nitrogen and oxygen atoms in total. The third-order valence-corrected chi connectivity index (χ3v) is 10.6. The van der Waals surface area contributed by atoms with Crippen LogP contribution < -0.4 is 5.32 Å². The first-order chi connectivity index (χ1) is 14.9. The summed E-state index contributed by atoms with van der Waals surface area (Å²) < 4.78 is 28.9. The molecule has 1 unspecified atom stereocenters. The molecule has 1 N–H and O–H groups in total. The van der Waals surface area contributed by atoms with Crippen LogP contribution in [-0.2, 0) is 10.0 Å². The minimum Gasteiger partial charge on any atom is -0.334 e. The van der Waals surface area contributed by atoms with Gasteiger partial charge in [-0.15, -0.1) is 22.7 Å². The third-order valence-electron chi connectivity index (χ3n) is 5.75. The molecule has 0 radical (unpaired) electrons. The molecule has 0 aliphatic carbocycles.